The minimum absolute atomic E-state index is 0. The Morgan fingerprint density at radius 3 is 2.70 bits per heavy atom. The van der Waals surface area contributed by atoms with E-state index in [1.807, 2.05) is 12.1 Å². The number of hydrogen-bond donors (Lipinski definition) is 3. The number of nitrogens with one attached hydrogen (secondary N) is 2. The van der Waals surface area contributed by atoms with Gasteiger partial charge in [0, 0.05) is 30.0 Å². The number of aliphatic hydroxyl groups excluding tert-OH is 1. The average Bonchev–Trinajstić information content (AvgIpc) is 3.15. The molecule has 3 rings (SSSR count). The van der Waals surface area contributed by atoms with Crippen molar-refractivity contribution in [1.82, 2.24) is 10.6 Å². The quantitative estimate of drug-likeness (QED) is 0.723. The summed E-state index contributed by atoms with van der Waals surface area (Å²) >= 11 is 3.51. The van der Waals surface area contributed by atoms with Crippen LogP contribution in [0.4, 0.5) is 0 Å². The summed E-state index contributed by atoms with van der Waals surface area (Å²) in [6, 6.07) is 8.11. The molecule has 4 nitrogen and oxygen atoms in total. The molecule has 0 aromatic heterocycles. The van der Waals surface area contributed by atoms with Crippen molar-refractivity contribution in [2.75, 3.05) is 19.6 Å². The van der Waals surface area contributed by atoms with E-state index in [0.29, 0.717) is 13.1 Å². The first-order valence-electron chi connectivity index (χ1n) is 8.05. The number of halogens is 2. The van der Waals surface area contributed by atoms with Crippen LogP contribution in [0.1, 0.15) is 31.2 Å². The number of carbonyl (C=O) groups excluding carboxylic acids is 1. The van der Waals surface area contributed by atoms with Gasteiger partial charge in [-0.1, -0.05) is 40.9 Å². The summed E-state index contributed by atoms with van der Waals surface area (Å²) in [6.45, 7) is 1.94. The van der Waals surface area contributed by atoms with Crippen LogP contribution in [-0.4, -0.2) is 36.8 Å². The van der Waals surface area contributed by atoms with Gasteiger partial charge in [-0.15, -0.1) is 12.4 Å². The maximum atomic E-state index is 12.9. The number of aliphatic hydroxyl groups is 1. The maximum Gasteiger partial charge on any atom is 0.230 e. The molecule has 1 saturated carbocycles. The summed E-state index contributed by atoms with van der Waals surface area (Å²) in [5, 5.41) is 16.1. The van der Waals surface area contributed by atoms with Crippen molar-refractivity contribution in [3.8, 4) is 0 Å². The zero-order valence-corrected chi connectivity index (χ0v) is 15.5. The molecule has 0 spiro atoms. The molecule has 0 bridgehead atoms. The van der Waals surface area contributed by atoms with Crippen LogP contribution in [0.2, 0.25) is 0 Å². The van der Waals surface area contributed by atoms with E-state index < -0.39 is 5.41 Å². The van der Waals surface area contributed by atoms with E-state index in [1.165, 1.54) is 0 Å². The first-order valence-corrected chi connectivity index (χ1v) is 8.84. The Kier molecular flexibility index (Phi) is 6.48. The van der Waals surface area contributed by atoms with E-state index in [2.05, 4.69) is 38.7 Å². The number of hydrogen-bond acceptors (Lipinski definition) is 3. The van der Waals surface area contributed by atoms with Gasteiger partial charge in [0.2, 0.25) is 5.91 Å². The topological polar surface area (TPSA) is 61.4 Å². The van der Waals surface area contributed by atoms with Crippen LogP contribution in [0.25, 0.3) is 0 Å². The van der Waals surface area contributed by atoms with E-state index in [1.54, 1.807) is 0 Å². The fourth-order valence-electron chi connectivity index (χ4n) is 3.73. The monoisotopic (exact) mass is 402 g/mol. The van der Waals surface area contributed by atoms with Crippen molar-refractivity contribution >= 4 is 34.2 Å². The van der Waals surface area contributed by atoms with Crippen molar-refractivity contribution in [3.63, 3.8) is 0 Å². The van der Waals surface area contributed by atoms with Gasteiger partial charge in [0.1, 0.15) is 0 Å². The Labute approximate surface area is 152 Å². The van der Waals surface area contributed by atoms with Crippen LogP contribution in [0.15, 0.2) is 28.7 Å². The Hall–Kier alpha value is -0.620. The maximum absolute atomic E-state index is 12.9. The molecule has 1 aliphatic heterocycles. The lowest BCUT2D eigenvalue weighted by Crippen LogP contribution is -2.45. The van der Waals surface area contributed by atoms with Gasteiger partial charge in [0.25, 0.3) is 0 Å². The van der Waals surface area contributed by atoms with E-state index in [0.717, 1.165) is 42.3 Å². The SMILES string of the molecule is Cl.O=C(NCC1CNCC1O)C1(c2cccc(Br)c2)CCCC1. The van der Waals surface area contributed by atoms with Crippen LogP contribution in [0.5, 0.6) is 0 Å². The molecule has 2 unspecified atom stereocenters. The molecule has 2 atom stereocenters. The molecule has 1 aliphatic carbocycles. The normalized spacial score (nSPS) is 25.8. The molecule has 1 heterocycles. The first-order chi connectivity index (χ1) is 10.6. The lowest BCUT2D eigenvalue weighted by Gasteiger charge is -2.29. The third kappa shape index (κ3) is 3.90. The van der Waals surface area contributed by atoms with Crippen molar-refractivity contribution in [1.29, 1.82) is 0 Å². The zero-order valence-electron chi connectivity index (χ0n) is 13.1. The summed E-state index contributed by atoms with van der Waals surface area (Å²) < 4.78 is 1.01. The number of carbonyl (C=O) groups is 1. The van der Waals surface area contributed by atoms with Gasteiger partial charge in [-0.3, -0.25) is 4.79 Å². The van der Waals surface area contributed by atoms with E-state index in [4.69, 9.17) is 0 Å². The number of rotatable bonds is 4. The second kappa shape index (κ2) is 7.97. The second-order valence-electron chi connectivity index (χ2n) is 6.50. The summed E-state index contributed by atoms with van der Waals surface area (Å²) in [4.78, 5) is 12.9. The van der Waals surface area contributed by atoms with Gasteiger partial charge in [-0.25, -0.2) is 0 Å². The molecule has 0 radical (unpaired) electrons. The van der Waals surface area contributed by atoms with Gasteiger partial charge < -0.3 is 15.7 Å². The highest BCUT2D eigenvalue weighted by molar-refractivity contribution is 9.10. The molecule has 1 amide bonds. The lowest BCUT2D eigenvalue weighted by atomic mass is 9.78. The largest absolute Gasteiger partial charge is 0.391 e. The van der Waals surface area contributed by atoms with Crippen molar-refractivity contribution in [2.45, 2.75) is 37.2 Å². The summed E-state index contributed by atoms with van der Waals surface area (Å²) in [5.74, 6) is 0.229. The molecule has 2 fully saturated rings. The molecule has 1 saturated heterocycles. The molecule has 2 aliphatic rings. The van der Waals surface area contributed by atoms with Gasteiger partial charge >= 0.3 is 0 Å². The summed E-state index contributed by atoms with van der Waals surface area (Å²) in [5.41, 5.74) is 0.697. The minimum Gasteiger partial charge on any atom is -0.391 e. The third-order valence-electron chi connectivity index (χ3n) is 5.10. The van der Waals surface area contributed by atoms with Crippen molar-refractivity contribution in [2.24, 2.45) is 5.92 Å². The molecule has 128 valence electrons. The van der Waals surface area contributed by atoms with Gasteiger partial charge in [-0.05, 0) is 30.5 Å². The molecular formula is C17H24BrClN2O2. The predicted octanol–water partition coefficient (Wildman–Crippen LogP) is 2.38. The third-order valence-corrected chi connectivity index (χ3v) is 5.59. The Morgan fingerprint density at radius 1 is 1.35 bits per heavy atom. The fraction of sp³-hybridized carbons (Fsp3) is 0.588. The number of β-amino-alcohol motifs (C(OH)–C–C–N with tert-alkyl or cyclic N) is 1. The van der Waals surface area contributed by atoms with Crippen LogP contribution >= 0.6 is 28.3 Å². The van der Waals surface area contributed by atoms with Crippen LogP contribution in [0, 0.1) is 5.92 Å². The lowest BCUT2D eigenvalue weighted by molar-refractivity contribution is -0.126. The first kappa shape index (κ1) is 18.7. The highest BCUT2D eigenvalue weighted by atomic mass is 79.9. The van der Waals surface area contributed by atoms with Gasteiger partial charge in [0.05, 0.1) is 11.5 Å². The minimum atomic E-state index is -0.402. The average molecular weight is 404 g/mol. The number of amides is 1. The molecule has 1 aromatic rings. The molecule has 6 heteroatoms. The van der Waals surface area contributed by atoms with Crippen LogP contribution < -0.4 is 10.6 Å². The van der Waals surface area contributed by atoms with Crippen LogP contribution in [0.3, 0.4) is 0 Å². The van der Waals surface area contributed by atoms with E-state index in [9.17, 15) is 9.90 Å². The Bertz CT molecular complexity index is 549. The smallest absolute Gasteiger partial charge is 0.230 e. The second-order valence-corrected chi connectivity index (χ2v) is 7.41. The molecule has 3 N–H and O–H groups in total. The van der Waals surface area contributed by atoms with Crippen LogP contribution in [-0.2, 0) is 10.2 Å². The molecule has 1 aromatic carbocycles. The molecule has 23 heavy (non-hydrogen) atoms. The Morgan fingerprint density at radius 2 is 2.09 bits per heavy atom. The number of benzene rings is 1. The Balaban J connectivity index is 0.00000192. The molecular weight excluding hydrogens is 380 g/mol. The predicted molar refractivity (Wildman–Crippen MR) is 96.9 cm³/mol. The summed E-state index contributed by atoms with van der Waals surface area (Å²) in [6.07, 6.45) is 3.63. The highest BCUT2D eigenvalue weighted by Crippen LogP contribution is 2.42. The highest BCUT2D eigenvalue weighted by Gasteiger charge is 2.43. The van der Waals surface area contributed by atoms with E-state index in [-0.39, 0.29) is 30.3 Å². The zero-order chi connectivity index (χ0) is 15.6. The standard InChI is InChI=1S/C17H23BrN2O2.ClH/c18-14-5-3-4-13(8-14)17(6-1-2-7-17)16(22)20-10-12-9-19-11-15(12)21;/h3-5,8,12,15,19,21H,1-2,6-7,9-11H2,(H,20,22);1H. The van der Waals surface area contributed by atoms with Gasteiger partial charge in [0.15, 0.2) is 0 Å². The fourth-order valence-corrected chi connectivity index (χ4v) is 4.13. The van der Waals surface area contributed by atoms with E-state index >= 15 is 0 Å². The van der Waals surface area contributed by atoms with Crippen molar-refractivity contribution < 1.29 is 9.90 Å². The van der Waals surface area contributed by atoms with Gasteiger partial charge in [-0.2, -0.15) is 0 Å². The summed E-state index contributed by atoms with van der Waals surface area (Å²) in [7, 11) is 0. The van der Waals surface area contributed by atoms with Crippen molar-refractivity contribution in [3.05, 3.63) is 34.3 Å².